The Balaban J connectivity index is 1.70. The van der Waals surface area contributed by atoms with Crippen LogP contribution in [0.15, 0.2) is 42.5 Å². The van der Waals surface area contributed by atoms with Crippen LogP contribution in [0.4, 0.5) is 0 Å². The monoisotopic (exact) mass is 304 g/mol. The largest absolute Gasteiger partial charge is 0.493 e. The summed E-state index contributed by atoms with van der Waals surface area (Å²) >= 11 is 6.04. The Hall–Kier alpha value is -2.20. The van der Waals surface area contributed by atoms with Crippen molar-refractivity contribution < 1.29 is 19.4 Å². The van der Waals surface area contributed by atoms with Crippen molar-refractivity contribution in [1.29, 1.82) is 0 Å². The molecule has 4 nitrogen and oxygen atoms in total. The second-order valence-corrected chi connectivity index (χ2v) is 5.21. The number of hydrogen-bond donors (Lipinski definition) is 1. The van der Waals surface area contributed by atoms with Crippen LogP contribution in [0, 0.1) is 0 Å². The van der Waals surface area contributed by atoms with E-state index in [-0.39, 0.29) is 11.5 Å². The van der Waals surface area contributed by atoms with Crippen LogP contribution in [0.2, 0.25) is 5.02 Å². The van der Waals surface area contributed by atoms with Gasteiger partial charge in [0, 0.05) is 5.56 Å². The first-order valence-corrected chi connectivity index (χ1v) is 6.90. The van der Waals surface area contributed by atoms with Crippen molar-refractivity contribution in [1.82, 2.24) is 0 Å². The van der Waals surface area contributed by atoms with Crippen molar-refractivity contribution in [2.24, 2.45) is 0 Å². The molecule has 0 fully saturated rings. The number of para-hydroxylation sites is 1. The molecule has 1 N–H and O–H groups in total. The third-order valence-electron chi connectivity index (χ3n) is 3.42. The SMILES string of the molecule is O=C(O)c1ccc(OCC2COc3ccccc32)c(Cl)c1. The Kier molecular flexibility index (Phi) is 3.71. The topological polar surface area (TPSA) is 55.8 Å². The molecule has 0 aromatic heterocycles. The zero-order chi connectivity index (χ0) is 14.8. The average Bonchev–Trinajstić information content (AvgIpc) is 2.89. The molecule has 0 spiro atoms. The molecule has 0 saturated heterocycles. The molecule has 0 aliphatic carbocycles. The minimum Gasteiger partial charge on any atom is -0.493 e. The third-order valence-corrected chi connectivity index (χ3v) is 3.71. The number of ether oxygens (including phenoxy) is 2. The molecule has 1 atom stereocenters. The van der Waals surface area contributed by atoms with Crippen LogP contribution in [0.25, 0.3) is 0 Å². The van der Waals surface area contributed by atoms with Gasteiger partial charge in [0.25, 0.3) is 0 Å². The quantitative estimate of drug-likeness (QED) is 0.938. The standard InChI is InChI=1S/C16H13ClO4/c17-13-7-10(16(18)19)5-6-15(13)21-9-11-8-20-14-4-2-1-3-12(11)14/h1-7,11H,8-9H2,(H,18,19). The first-order valence-electron chi connectivity index (χ1n) is 6.52. The fourth-order valence-electron chi connectivity index (χ4n) is 2.31. The van der Waals surface area contributed by atoms with Gasteiger partial charge >= 0.3 is 5.97 Å². The third kappa shape index (κ3) is 2.81. The van der Waals surface area contributed by atoms with Gasteiger partial charge in [-0.05, 0) is 24.3 Å². The number of aromatic carboxylic acids is 1. The van der Waals surface area contributed by atoms with Gasteiger partial charge in [-0.25, -0.2) is 4.79 Å². The minimum absolute atomic E-state index is 0.141. The van der Waals surface area contributed by atoms with Gasteiger partial charge in [0.2, 0.25) is 0 Å². The van der Waals surface area contributed by atoms with Crippen molar-refractivity contribution in [2.75, 3.05) is 13.2 Å². The first-order chi connectivity index (χ1) is 10.1. The van der Waals surface area contributed by atoms with Gasteiger partial charge in [0.05, 0.1) is 29.7 Å². The number of carboxylic acids is 1. The van der Waals surface area contributed by atoms with E-state index in [0.717, 1.165) is 11.3 Å². The highest BCUT2D eigenvalue weighted by molar-refractivity contribution is 6.32. The molecule has 1 unspecified atom stereocenters. The van der Waals surface area contributed by atoms with Crippen LogP contribution in [-0.4, -0.2) is 24.3 Å². The number of halogens is 1. The van der Waals surface area contributed by atoms with Crippen LogP contribution in [-0.2, 0) is 0 Å². The molecule has 0 saturated carbocycles. The van der Waals surface area contributed by atoms with Crippen LogP contribution < -0.4 is 9.47 Å². The zero-order valence-corrected chi connectivity index (χ0v) is 11.8. The highest BCUT2D eigenvalue weighted by Gasteiger charge is 2.24. The molecule has 1 heterocycles. The lowest BCUT2D eigenvalue weighted by Crippen LogP contribution is -2.12. The molecule has 2 aromatic rings. The molecule has 108 valence electrons. The van der Waals surface area contributed by atoms with E-state index in [2.05, 4.69) is 0 Å². The number of rotatable bonds is 4. The van der Waals surface area contributed by atoms with Gasteiger partial charge in [-0.15, -0.1) is 0 Å². The predicted octanol–water partition coefficient (Wildman–Crippen LogP) is 3.59. The second-order valence-electron chi connectivity index (χ2n) is 4.81. The van der Waals surface area contributed by atoms with E-state index < -0.39 is 5.97 Å². The summed E-state index contributed by atoms with van der Waals surface area (Å²) in [7, 11) is 0. The normalized spacial score (nSPS) is 16.1. The summed E-state index contributed by atoms with van der Waals surface area (Å²) in [5.74, 6) is 0.502. The lowest BCUT2D eigenvalue weighted by atomic mass is 10.0. The van der Waals surface area contributed by atoms with Gasteiger partial charge < -0.3 is 14.6 Å². The Labute approximate surface area is 126 Å². The molecule has 1 aliphatic heterocycles. The van der Waals surface area contributed by atoms with Crippen molar-refractivity contribution >= 4 is 17.6 Å². The lowest BCUT2D eigenvalue weighted by molar-refractivity contribution is 0.0697. The van der Waals surface area contributed by atoms with E-state index >= 15 is 0 Å². The molecular formula is C16H13ClO4. The van der Waals surface area contributed by atoms with Crippen LogP contribution in [0.1, 0.15) is 21.8 Å². The van der Waals surface area contributed by atoms with Crippen molar-refractivity contribution in [3.63, 3.8) is 0 Å². The fourth-order valence-corrected chi connectivity index (χ4v) is 2.54. The summed E-state index contributed by atoms with van der Waals surface area (Å²) in [6, 6.07) is 12.3. The van der Waals surface area contributed by atoms with Crippen molar-refractivity contribution in [3.8, 4) is 11.5 Å². The highest BCUT2D eigenvalue weighted by atomic mass is 35.5. The van der Waals surface area contributed by atoms with Gasteiger partial charge in [-0.3, -0.25) is 0 Å². The number of carboxylic acid groups (broad SMARTS) is 1. The Morgan fingerprint density at radius 3 is 2.90 bits per heavy atom. The Morgan fingerprint density at radius 2 is 2.14 bits per heavy atom. The molecule has 0 bridgehead atoms. The number of carbonyl (C=O) groups is 1. The minimum atomic E-state index is -1.01. The van der Waals surface area contributed by atoms with E-state index in [9.17, 15) is 4.79 Å². The maximum Gasteiger partial charge on any atom is 0.335 e. The van der Waals surface area contributed by atoms with Crippen LogP contribution in [0.3, 0.4) is 0 Å². The predicted molar refractivity (Wildman–Crippen MR) is 78.6 cm³/mol. The lowest BCUT2D eigenvalue weighted by Gasteiger charge is -2.12. The molecule has 5 heteroatoms. The molecule has 0 amide bonds. The van der Waals surface area contributed by atoms with E-state index in [0.29, 0.717) is 24.0 Å². The summed E-state index contributed by atoms with van der Waals surface area (Å²) in [6.45, 7) is 1.01. The van der Waals surface area contributed by atoms with Crippen LogP contribution >= 0.6 is 11.6 Å². The smallest absolute Gasteiger partial charge is 0.335 e. The van der Waals surface area contributed by atoms with E-state index in [1.807, 2.05) is 24.3 Å². The fraction of sp³-hybridized carbons (Fsp3) is 0.188. The summed E-state index contributed by atoms with van der Waals surface area (Å²) in [4.78, 5) is 10.9. The molecule has 0 radical (unpaired) electrons. The molecular weight excluding hydrogens is 292 g/mol. The van der Waals surface area contributed by atoms with E-state index in [1.54, 1.807) is 6.07 Å². The van der Waals surface area contributed by atoms with Crippen molar-refractivity contribution in [2.45, 2.75) is 5.92 Å². The van der Waals surface area contributed by atoms with Gasteiger partial charge in [0.1, 0.15) is 11.5 Å². The molecule has 2 aromatic carbocycles. The second kappa shape index (κ2) is 5.66. The summed E-state index contributed by atoms with van der Waals surface area (Å²) in [5, 5.41) is 9.19. The molecule has 1 aliphatic rings. The Morgan fingerprint density at radius 1 is 1.33 bits per heavy atom. The first kappa shape index (κ1) is 13.8. The van der Waals surface area contributed by atoms with Gasteiger partial charge in [-0.2, -0.15) is 0 Å². The molecule has 21 heavy (non-hydrogen) atoms. The zero-order valence-electron chi connectivity index (χ0n) is 11.1. The number of fused-ring (bicyclic) bond motifs is 1. The van der Waals surface area contributed by atoms with E-state index in [1.165, 1.54) is 12.1 Å². The molecule has 3 rings (SSSR count). The average molecular weight is 305 g/mol. The number of benzene rings is 2. The van der Waals surface area contributed by atoms with Gasteiger partial charge in [-0.1, -0.05) is 29.8 Å². The van der Waals surface area contributed by atoms with Gasteiger partial charge in [0.15, 0.2) is 0 Å². The van der Waals surface area contributed by atoms with Crippen molar-refractivity contribution in [3.05, 3.63) is 58.6 Å². The van der Waals surface area contributed by atoms with E-state index in [4.69, 9.17) is 26.2 Å². The number of hydrogen-bond acceptors (Lipinski definition) is 3. The highest BCUT2D eigenvalue weighted by Crippen LogP contribution is 2.34. The van der Waals surface area contributed by atoms with Crippen LogP contribution in [0.5, 0.6) is 11.5 Å². The maximum atomic E-state index is 10.9. The summed E-state index contributed by atoms with van der Waals surface area (Å²) < 4.78 is 11.3. The summed E-state index contributed by atoms with van der Waals surface area (Å²) in [5.41, 5.74) is 1.26. The maximum absolute atomic E-state index is 10.9. The Bertz CT molecular complexity index is 684. The summed E-state index contributed by atoms with van der Waals surface area (Å²) in [6.07, 6.45) is 0.